The van der Waals surface area contributed by atoms with Gasteiger partial charge in [-0.3, -0.25) is 27.7 Å². The first kappa shape index (κ1) is 63.1. The number of unbranched alkanes of at least 4 members (excludes halogenated alkanes) is 16. The van der Waals surface area contributed by atoms with Gasteiger partial charge in [0.15, 0.2) is 6.10 Å². The summed E-state index contributed by atoms with van der Waals surface area (Å²) in [5.74, 6) is -1.33. The lowest BCUT2D eigenvalue weighted by Gasteiger charge is -2.44. The molecule has 22 heteroatoms. The topological polar surface area (TPSA) is 303 Å². The number of phosphoric acid groups is 3. The van der Waals surface area contributed by atoms with Crippen LogP contribution in [0, 0.1) is 0 Å². The van der Waals surface area contributed by atoms with Gasteiger partial charge in [-0.15, -0.1) is 0 Å². The van der Waals surface area contributed by atoms with Crippen LogP contribution in [0.3, 0.4) is 0 Å². The van der Waals surface area contributed by atoms with Crippen LogP contribution < -0.4 is 0 Å². The Morgan fingerprint density at radius 1 is 0.478 bits per heavy atom. The summed E-state index contributed by atoms with van der Waals surface area (Å²) in [6.07, 6.45) is 22.7. The maximum atomic E-state index is 13.1. The molecule has 1 fully saturated rings. The van der Waals surface area contributed by atoms with Gasteiger partial charge in [0.05, 0.1) is 6.61 Å². The van der Waals surface area contributed by atoms with E-state index in [2.05, 4.69) is 71.5 Å². The van der Waals surface area contributed by atoms with Gasteiger partial charge in [-0.25, -0.2) is 13.7 Å². The number of allylic oxidation sites excluding steroid dienone is 8. The van der Waals surface area contributed by atoms with Crippen molar-refractivity contribution < 1.29 is 90.6 Å². The first-order valence-electron chi connectivity index (χ1n) is 23.9. The molecule has 0 amide bonds. The van der Waals surface area contributed by atoms with Gasteiger partial charge < -0.3 is 49.3 Å². The number of hydrogen-bond donors (Lipinski definition) is 8. The molecule has 390 valence electrons. The van der Waals surface area contributed by atoms with E-state index < -0.39 is 91.3 Å². The Labute approximate surface area is 397 Å². The highest BCUT2D eigenvalue weighted by atomic mass is 31.2. The smallest absolute Gasteiger partial charge is 0.462 e. The molecule has 19 nitrogen and oxygen atoms in total. The molecule has 0 bridgehead atoms. The lowest BCUT2D eigenvalue weighted by Crippen LogP contribution is -2.65. The van der Waals surface area contributed by atoms with Crippen molar-refractivity contribution in [2.45, 2.75) is 211 Å². The van der Waals surface area contributed by atoms with E-state index in [1.54, 1.807) is 0 Å². The zero-order valence-corrected chi connectivity index (χ0v) is 42.1. The fraction of sp³-hybridized carbons (Fsp3) is 0.778. The number of esters is 2. The first-order valence-corrected chi connectivity index (χ1v) is 28.5. The molecule has 1 aliphatic rings. The molecular formula is C45H81O19P3. The monoisotopic (exact) mass is 1020 g/mol. The normalized spacial score (nSPS) is 22.0. The summed E-state index contributed by atoms with van der Waals surface area (Å²) in [6, 6.07) is 0. The second kappa shape index (κ2) is 37.0. The van der Waals surface area contributed by atoms with Crippen molar-refractivity contribution in [3.05, 3.63) is 48.6 Å². The van der Waals surface area contributed by atoms with Gasteiger partial charge in [0, 0.05) is 12.8 Å². The highest BCUT2D eigenvalue weighted by Gasteiger charge is 2.56. The van der Waals surface area contributed by atoms with Crippen molar-refractivity contribution in [1.82, 2.24) is 0 Å². The van der Waals surface area contributed by atoms with E-state index in [9.17, 15) is 63.1 Å². The number of carbonyl (C=O) groups excluding carboxylic acids is 2. The van der Waals surface area contributed by atoms with Crippen molar-refractivity contribution >= 4 is 35.4 Å². The number of rotatable bonds is 40. The predicted octanol–water partition coefficient (Wildman–Crippen LogP) is 8.62. The second-order valence-corrected chi connectivity index (χ2v) is 20.5. The van der Waals surface area contributed by atoms with E-state index in [0.29, 0.717) is 12.8 Å². The molecule has 0 aromatic heterocycles. The van der Waals surface area contributed by atoms with Crippen LogP contribution in [0.25, 0.3) is 0 Å². The first-order chi connectivity index (χ1) is 31.8. The standard InChI is InChI=1S/C45H81O19P3/c1-3-5-7-9-11-13-15-17-19-21-23-25-27-29-31-33-38(46)59-35-37(61-39(47)34-32-30-28-26-24-22-20-18-16-14-12-10-8-6-4-2)36-60-67(57,58)64-43-40(48)41(49)44(62-65(51,52)53)45(42(43)50)63-66(54,55)56/h11-14,17-20,37,40-45,48-50H,3-10,15-16,21-36H2,1-2H3,(H,57,58)(H2,51,52,53)(H2,54,55,56)/t37-,40?,41?,42?,43+,44?,45+/m1/s1. The molecule has 67 heavy (non-hydrogen) atoms. The van der Waals surface area contributed by atoms with E-state index in [0.717, 1.165) is 89.9 Å². The highest BCUT2D eigenvalue weighted by Crippen LogP contribution is 2.51. The molecule has 1 saturated carbocycles. The summed E-state index contributed by atoms with van der Waals surface area (Å²) in [7, 11) is -16.6. The van der Waals surface area contributed by atoms with Crippen LogP contribution >= 0.6 is 23.5 Å². The van der Waals surface area contributed by atoms with Crippen molar-refractivity contribution in [3.8, 4) is 0 Å². The number of phosphoric ester groups is 3. The zero-order valence-electron chi connectivity index (χ0n) is 39.5. The van der Waals surface area contributed by atoms with E-state index in [-0.39, 0.29) is 12.8 Å². The Kier molecular flexibility index (Phi) is 34.8. The molecule has 0 aromatic rings. The van der Waals surface area contributed by atoms with Crippen LogP contribution in [0.5, 0.6) is 0 Å². The third kappa shape index (κ3) is 33.4. The summed E-state index contributed by atoms with van der Waals surface area (Å²) in [5.41, 5.74) is 0. The zero-order chi connectivity index (χ0) is 50.0. The number of aliphatic hydroxyl groups is 3. The Bertz CT molecular complexity index is 1590. The lowest BCUT2D eigenvalue weighted by atomic mass is 9.85. The van der Waals surface area contributed by atoms with Crippen LogP contribution in [0.1, 0.15) is 168 Å². The molecule has 8 N–H and O–H groups in total. The van der Waals surface area contributed by atoms with Crippen molar-refractivity contribution in [1.29, 1.82) is 0 Å². The molecule has 0 heterocycles. The van der Waals surface area contributed by atoms with Crippen molar-refractivity contribution in [3.63, 3.8) is 0 Å². The second-order valence-electron chi connectivity index (χ2n) is 16.7. The van der Waals surface area contributed by atoms with Gasteiger partial charge >= 0.3 is 35.4 Å². The Balaban J connectivity index is 2.76. The van der Waals surface area contributed by atoms with E-state index >= 15 is 0 Å². The average molecular weight is 1020 g/mol. The summed E-state index contributed by atoms with van der Waals surface area (Å²) < 4.78 is 65.4. The van der Waals surface area contributed by atoms with Crippen LogP contribution in [-0.2, 0) is 50.9 Å². The SMILES string of the molecule is CCCCCC=CCC=CCCCCCCCC(=O)OC[C@H](COP(=O)(O)O[C@H]1C(O)C(O)C(OP(=O)(O)O)[C@@H](OP(=O)(O)O)C1O)OC(=O)CCCCCCCC=CCC=CCCCCC. The minimum atomic E-state index is -5.60. The molecule has 5 unspecified atom stereocenters. The molecule has 1 aliphatic carbocycles. The van der Waals surface area contributed by atoms with Gasteiger partial charge in [0.2, 0.25) is 0 Å². The van der Waals surface area contributed by atoms with Crippen molar-refractivity contribution in [2.75, 3.05) is 13.2 Å². The van der Waals surface area contributed by atoms with Gasteiger partial charge in [-0.1, -0.05) is 127 Å². The molecular weight excluding hydrogens is 937 g/mol. The Hall–Kier alpha value is -1.89. The van der Waals surface area contributed by atoms with E-state index in [1.165, 1.54) is 38.5 Å². The fourth-order valence-electron chi connectivity index (χ4n) is 6.99. The third-order valence-electron chi connectivity index (χ3n) is 10.6. The molecule has 0 aliphatic heterocycles. The average Bonchev–Trinajstić information content (AvgIpc) is 3.25. The summed E-state index contributed by atoms with van der Waals surface area (Å²) >= 11 is 0. The number of aliphatic hydroxyl groups excluding tert-OH is 3. The molecule has 8 atom stereocenters. The van der Waals surface area contributed by atoms with Crippen LogP contribution in [0.4, 0.5) is 0 Å². The van der Waals surface area contributed by atoms with Crippen LogP contribution in [0.2, 0.25) is 0 Å². The maximum Gasteiger partial charge on any atom is 0.472 e. The Morgan fingerprint density at radius 3 is 1.31 bits per heavy atom. The third-order valence-corrected chi connectivity index (χ3v) is 12.6. The molecule has 1 rings (SSSR count). The summed E-state index contributed by atoms with van der Waals surface area (Å²) in [6.45, 7) is 2.86. The minimum Gasteiger partial charge on any atom is -0.462 e. The molecule has 0 aromatic carbocycles. The maximum absolute atomic E-state index is 13.1. The number of hydrogen-bond acceptors (Lipinski definition) is 14. The van der Waals surface area contributed by atoms with Gasteiger partial charge in [-0.05, 0) is 77.0 Å². The number of carbonyl (C=O) groups is 2. The molecule has 0 spiro atoms. The molecule has 0 saturated heterocycles. The summed E-state index contributed by atoms with van der Waals surface area (Å²) in [4.78, 5) is 73.2. The fourth-order valence-corrected chi connectivity index (χ4v) is 9.09. The number of ether oxygens (including phenoxy) is 2. The van der Waals surface area contributed by atoms with Crippen molar-refractivity contribution in [2.24, 2.45) is 0 Å². The van der Waals surface area contributed by atoms with Gasteiger partial charge in [0.25, 0.3) is 0 Å². The minimum absolute atomic E-state index is 0.0225. The van der Waals surface area contributed by atoms with E-state index in [1.807, 2.05) is 0 Å². The molecule has 0 radical (unpaired) electrons. The quantitative estimate of drug-likeness (QED) is 0.0123. The van der Waals surface area contributed by atoms with Crippen LogP contribution in [0.15, 0.2) is 48.6 Å². The summed E-state index contributed by atoms with van der Waals surface area (Å²) in [5, 5.41) is 31.9. The van der Waals surface area contributed by atoms with Gasteiger partial charge in [0.1, 0.15) is 43.2 Å². The largest absolute Gasteiger partial charge is 0.472 e. The predicted molar refractivity (Wildman–Crippen MR) is 252 cm³/mol. The van der Waals surface area contributed by atoms with Gasteiger partial charge in [-0.2, -0.15) is 0 Å². The lowest BCUT2D eigenvalue weighted by molar-refractivity contribution is -0.213. The van der Waals surface area contributed by atoms with E-state index in [4.69, 9.17) is 18.5 Å². The Morgan fingerprint density at radius 2 is 0.866 bits per heavy atom. The highest BCUT2D eigenvalue weighted by molar-refractivity contribution is 7.47. The van der Waals surface area contributed by atoms with Crippen LogP contribution in [-0.4, -0.2) is 108 Å².